The summed E-state index contributed by atoms with van der Waals surface area (Å²) >= 11 is 0. The molecule has 0 aliphatic carbocycles. The number of carbonyl (C=O) groups excluding carboxylic acids is 1. The molecule has 0 aromatic heterocycles. The van der Waals surface area contributed by atoms with E-state index < -0.39 is 23.5 Å². The second kappa shape index (κ2) is 8.52. The van der Waals surface area contributed by atoms with Gasteiger partial charge in [0.15, 0.2) is 0 Å². The lowest BCUT2D eigenvalue weighted by Gasteiger charge is -2.21. The van der Waals surface area contributed by atoms with Crippen molar-refractivity contribution in [3.05, 3.63) is 65.7 Å². The van der Waals surface area contributed by atoms with Crippen molar-refractivity contribution in [3.8, 4) is 5.75 Å². The molecular formula is C21H24O5. The van der Waals surface area contributed by atoms with Gasteiger partial charge in [0.2, 0.25) is 0 Å². The lowest BCUT2D eigenvalue weighted by atomic mass is 9.95. The lowest BCUT2D eigenvalue weighted by molar-refractivity contribution is -0.158. The molecule has 0 spiro atoms. The average Bonchev–Trinajstić information content (AvgIpc) is 2.57. The van der Waals surface area contributed by atoms with E-state index in [4.69, 9.17) is 9.47 Å². The molecule has 5 nitrogen and oxygen atoms in total. The highest BCUT2D eigenvalue weighted by Crippen LogP contribution is 2.25. The van der Waals surface area contributed by atoms with Gasteiger partial charge >= 0.3 is 11.9 Å². The van der Waals surface area contributed by atoms with Gasteiger partial charge in [-0.15, -0.1) is 0 Å². The van der Waals surface area contributed by atoms with E-state index in [0.717, 1.165) is 5.56 Å². The molecule has 138 valence electrons. The summed E-state index contributed by atoms with van der Waals surface area (Å²) in [5, 5.41) is 9.46. The van der Waals surface area contributed by atoms with E-state index in [1.807, 2.05) is 30.3 Å². The molecule has 0 aliphatic rings. The fraction of sp³-hybridized carbons (Fsp3) is 0.333. The van der Waals surface area contributed by atoms with Crippen LogP contribution in [0.25, 0.3) is 0 Å². The number of hydrogen-bond acceptors (Lipinski definition) is 4. The standard InChI is InChI=1S/C21H24O5/c1-21(2,3)26-19(22)13-18(20(23)24)16-9-11-17(12-10-16)25-14-15-7-5-4-6-8-15/h4-12,18H,13-14H2,1-3H3,(H,23,24). The van der Waals surface area contributed by atoms with Gasteiger partial charge in [-0.3, -0.25) is 9.59 Å². The van der Waals surface area contributed by atoms with Crippen molar-refractivity contribution in [2.24, 2.45) is 0 Å². The highest BCUT2D eigenvalue weighted by atomic mass is 16.6. The molecule has 1 unspecified atom stereocenters. The summed E-state index contributed by atoms with van der Waals surface area (Å²) in [4.78, 5) is 23.5. The maximum atomic E-state index is 12.0. The van der Waals surface area contributed by atoms with Crippen LogP contribution in [0.1, 0.15) is 44.2 Å². The van der Waals surface area contributed by atoms with Crippen molar-refractivity contribution in [1.82, 2.24) is 0 Å². The summed E-state index contributed by atoms with van der Waals surface area (Å²) in [5.41, 5.74) is 0.940. The SMILES string of the molecule is CC(C)(C)OC(=O)CC(C(=O)O)c1ccc(OCc2ccccc2)cc1. The van der Waals surface area contributed by atoms with E-state index in [2.05, 4.69) is 0 Å². The first kappa shape index (κ1) is 19.5. The van der Waals surface area contributed by atoms with Crippen LogP contribution in [0.15, 0.2) is 54.6 Å². The molecule has 0 aliphatic heterocycles. The van der Waals surface area contributed by atoms with Gasteiger partial charge in [-0.25, -0.2) is 0 Å². The molecular weight excluding hydrogens is 332 g/mol. The smallest absolute Gasteiger partial charge is 0.311 e. The summed E-state index contributed by atoms with van der Waals surface area (Å²) in [6, 6.07) is 16.5. The lowest BCUT2D eigenvalue weighted by Crippen LogP contribution is -2.26. The maximum absolute atomic E-state index is 12.0. The van der Waals surface area contributed by atoms with Crippen LogP contribution in [0.5, 0.6) is 5.75 Å². The minimum Gasteiger partial charge on any atom is -0.489 e. The Morgan fingerprint density at radius 1 is 1.00 bits per heavy atom. The van der Waals surface area contributed by atoms with Crippen molar-refractivity contribution in [3.63, 3.8) is 0 Å². The van der Waals surface area contributed by atoms with Gasteiger partial charge < -0.3 is 14.6 Å². The molecule has 0 saturated heterocycles. The Morgan fingerprint density at radius 3 is 2.15 bits per heavy atom. The van der Waals surface area contributed by atoms with E-state index in [9.17, 15) is 14.7 Å². The Bertz CT molecular complexity index is 729. The van der Waals surface area contributed by atoms with Gasteiger partial charge in [0.05, 0.1) is 12.3 Å². The van der Waals surface area contributed by atoms with E-state index in [1.165, 1.54) is 0 Å². The van der Waals surface area contributed by atoms with Gasteiger partial charge in [-0.2, -0.15) is 0 Å². The van der Waals surface area contributed by atoms with Gasteiger partial charge in [-0.05, 0) is 44.0 Å². The Kier molecular flexibility index (Phi) is 6.39. The second-order valence-corrected chi connectivity index (χ2v) is 7.02. The zero-order valence-electron chi connectivity index (χ0n) is 15.3. The molecule has 0 heterocycles. The number of esters is 1. The van der Waals surface area contributed by atoms with E-state index in [0.29, 0.717) is 17.9 Å². The summed E-state index contributed by atoms with van der Waals surface area (Å²) in [7, 11) is 0. The number of rotatable bonds is 7. The van der Waals surface area contributed by atoms with Crippen LogP contribution in [0.2, 0.25) is 0 Å². The summed E-state index contributed by atoms with van der Waals surface area (Å²) in [6.07, 6.45) is -0.211. The average molecular weight is 356 g/mol. The quantitative estimate of drug-likeness (QED) is 0.754. The van der Waals surface area contributed by atoms with Crippen LogP contribution in [-0.4, -0.2) is 22.6 Å². The Morgan fingerprint density at radius 2 is 1.62 bits per heavy atom. The van der Waals surface area contributed by atoms with Gasteiger partial charge in [0.25, 0.3) is 0 Å². The third kappa shape index (κ3) is 6.24. The number of carbonyl (C=O) groups is 2. The third-order valence-electron chi connectivity index (χ3n) is 3.62. The first-order chi connectivity index (χ1) is 12.2. The van der Waals surface area contributed by atoms with Crippen molar-refractivity contribution in [1.29, 1.82) is 0 Å². The third-order valence-corrected chi connectivity index (χ3v) is 3.62. The second-order valence-electron chi connectivity index (χ2n) is 7.02. The Labute approximate surface area is 153 Å². The fourth-order valence-corrected chi connectivity index (χ4v) is 2.43. The number of aliphatic carboxylic acids is 1. The summed E-state index contributed by atoms with van der Waals surface area (Å²) < 4.78 is 10.9. The number of carboxylic acid groups (broad SMARTS) is 1. The van der Waals surface area contributed by atoms with Crippen LogP contribution >= 0.6 is 0 Å². The van der Waals surface area contributed by atoms with Crippen LogP contribution < -0.4 is 4.74 Å². The van der Waals surface area contributed by atoms with Crippen LogP contribution in [0, 0.1) is 0 Å². The minimum absolute atomic E-state index is 0.211. The monoisotopic (exact) mass is 356 g/mol. The van der Waals surface area contributed by atoms with E-state index in [1.54, 1.807) is 45.0 Å². The fourth-order valence-electron chi connectivity index (χ4n) is 2.43. The largest absolute Gasteiger partial charge is 0.489 e. The first-order valence-corrected chi connectivity index (χ1v) is 8.46. The highest BCUT2D eigenvalue weighted by molar-refractivity contribution is 5.83. The van der Waals surface area contributed by atoms with Crippen molar-refractivity contribution < 1.29 is 24.2 Å². The topological polar surface area (TPSA) is 72.8 Å². The molecule has 0 saturated carbocycles. The van der Waals surface area contributed by atoms with Crippen molar-refractivity contribution in [2.45, 2.75) is 45.3 Å². The molecule has 1 N–H and O–H groups in total. The van der Waals surface area contributed by atoms with Gasteiger partial charge in [0.1, 0.15) is 18.0 Å². The predicted molar refractivity (Wildman–Crippen MR) is 98.1 cm³/mol. The zero-order chi connectivity index (χ0) is 19.2. The summed E-state index contributed by atoms with van der Waals surface area (Å²) in [6.45, 7) is 5.68. The molecule has 1 atom stereocenters. The Hall–Kier alpha value is -2.82. The predicted octanol–water partition coefficient (Wildman–Crippen LogP) is 4.17. The van der Waals surface area contributed by atoms with Gasteiger partial charge in [-0.1, -0.05) is 42.5 Å². The zero-order valence-corrected chi connectivity index (χ0v) is 15.3. The molecule has 0 radical (unpaired) electrons. The molecule has 0 amide bonds. The van der Waals surface area contributed by atoms with Gasteiger partial charge in [0, 0.05) is 0 Å². The van der Waals surface area contributed by atoms with Crippen molar-refractivity contribution in [2.75, 3.05) is 0 Å². The molecule has 0 bridgehead atoms. The molecule has 2 rings (SSSR count). The normalized spacial score (nSPS) is 12.3. The molecule has 2 aromatic rings. The maximum Gasteiger partial charge on any atom is 0.311 e. The number of benzene rings is 2. The van der Waals surface area contributed by atoms with Crippen LogP contribution in [-0.2, 0) is 20.9 Å². The van der Waals surface area contributed by atoms with Crippen molar-refractivity contribution >= 4 is 11.9 Å². The molecule has 2 aromatic carbocycles. The molecule has 0 fully saturated rings. The first-order valence-electron chi connectivity index (χ1n) is 8.46. The summed E-state index contributed by atoms with van der Waals surface area (Å²) in [5.74, 6) is -1.91. The number of ether oxygens (including phenoxy) is 2. The Balaban J connectivity index is 2.01. The molecule has 5 heteroatoms. The highest BCUT2D eigenvalue weighted by Gasteiger charge is 2.26. The van der Waals surface area contributed by atoms with Crippen LogP contribution in [0.3, 0.4) is 0 Å². The van der Waals surface area contributed by atoms with E-state index >= 15 is 0 Å². The number of carboxylic acids is 1. The van der Waals surface area contributed by atoms with Crippen LogP contribution in [0.4, 0.5) is 0 Å². The number of hydrogen-bond donors (Lipinski definition) is 1. The molecule has 26 heavy (non-hydrogen) atoms. The minimum atomic E-state index is -1.06. The van der Waals surface area contributed by atoms with E-state index in [-0.39, 0.29) is 6.42 Å².